The van der Waals surface area contributed by atoms with Crippen LogP contribution in [-0.4, -0.2) is 29.4 Å². The number of hydrogen-bond donors (Lipinski definition) is 2. The van der Waals surface area contributed by atoms with Gasteiger partial charge in [-0.2, -0.15) is 5.26 Å². The summed E-state index contributed by atoms with van der Waals surface area (Å²) < 4.78 is 30.8. The highest BCUT2D eigenvalue weighted by molar-refractivity contribution is 5.75. The van der Waals surface area contributed by atoms with E-state index in [4.69, 9.17) is 5.26 Å². The molecule has 2 unspecified atom stereocenters. The SMILES string of the molecule is COC(=O)C(O)C(O)c1cc(F)c(C#N)cc1F. The Morgan fingerprint density at radius 1 is 1.39 bits per heavy atom. The van der Waals surface area contributed by atoms with Crippen LogP contribution in [0.4, 0.5) is 8.78 Å². The van der Waals surface area contributed by atoms with E-state index in [-0.39, 0.29) is 0 Å². The fourth-order valence-electron chi connectivity index (χ4n) is 1.29. The third kappa shape index (κ3) is 2.61. The van der Waals surface area contributed by atoms with Gasteiger partial charge >= 0.3 is 5.97 Å². The van der Waals surface area contributed by atoms with Crippen LogP contribution in [0.25, 0.3) is 0 Å². The lowest BCUT2D eigenvalue weighted by Gasteiger charge is -2.16. The van der Waals surface area contributed by atoms with E-state index in [1.165, 1.54) is 6.07 Å². The molecule has 18 heavy (non-hydrogen) atoms. The lowest BCUT2D eigenvalue weighted by Crippen LogP contribution is -2.29. The second kappa shape index (κ2) is 5.53. The molecule has 1 aromatic rings. The number of methoxy groups -OCH3 is 1. The van der Waals surface area contributed by atoms with Gasteiger partial charge in [0, 0.05) is 5.56 Å². The van der Waals surface area contributed by atoms with E-state index >= 15 is 0 Å². The summed E-state index contributed by atoms with van der Waals surface area (Å²) in [4.78, 5) is 10.9. The van der Waals surface area contributed by atoms with Crippen LogP contribution in [0.15, 0.2) is 12.1 Å². The van der Waals surface area contributed by atoms with Crippen LogP contribution in [-0.2, 0) is 9.53 Å². The molecule has 1 rings (SSSR count). The average molecular weight is 257 g/mol. The van der Waals surface area contributed by atoms with Crippen molar-refractivity contribution in [2.24, 2.45) is 0 Å². The van der Waals surface area contributed by atoms with E-state index in [9.17, 15) is 23.8 Å². The van der Waals surface area contributed by atoms with Crippen molar-refractivity contribution in [1.82, 2.24) is 0 Å². The molecule has 0 aliphatic rings. The molecule has 2 N–H and O–H groups in total. The molecule has 1 aromatic carbocycles. The first kappa shape index (κ1) is 14.0. The molecule has 0 spiro atoms. The molecule has 0 aliphatic carbocycles. The Morgan fingerprint density at radius 2 is 2.00 bits per heavy atom. The van der Waals surface area contributed by atoms with Crippen molar-refractivity contribution in [1.29, 1.82) is 5.26 Å². The van der Waals surface area contributed by atoms with Crippen molar-refractivity contribution in [3.05, 3.63) is 34.9 Å². The van der Waals surface area contributed by atoms with E-state index in [0.29, 0.717) is 12.1 Å². The van der Waals surface area contributed by atoms with Gasteiger partial charge in [-0.15, -0.1) is 0 Å². The number of aliphatic hydroxyl groups excluding tert-OH is 2. The molecule has 0 fully saturated rings. The van der Waals surface area contributed by atoms with Crippen molar-refractivity contribution in [2.75, 3.05) is 7.11 Å². The maximum atomic E-state index is 13.5. The Kier molecular flexibility index (Phi) is 4.31. The number of ether oxygens (including phenoxy) is 1. The number of rotatable bonds is 3. The van der Waals surface area contributed by atoms with Gasteiger partial charge in [0.05, 0.1) is 12.7 Å². The number of carbonyl (C=O) groups is 1. The highest BCUT2D eigenvalue weighted by Gasteiger charge is 2.29. The number of nitriles is 1. The fraction of sp³-hybridized carbons (Fsp3) is 0.273. The molecule has 0 amide bonds. The van der Waals surface area contributed by atoms with Gasteiger partial charge in [0.2, 0.25) is 0 Å². The molecule has 0 aliphatic heterocycles. The number of carbonyl (C=O) groups excluding carboxylic acids is 1. The number of benzene rings is 1. The van der Waals surface area contributed by atoms with Gasteiger partial charge in [-0.25, -0.2) is 13.6 Å². The summed E-state index contributed by atoms with van der Waals surface area (Å²) in [6.45, 7) is 0. The summed E-state index contributed by atoms with van der Waals surface area (Å²) in [6, 6.07) is 2.53. The Bertz CT molecular complexity index is 513. The molecule has 5 nitrogen and oxygen atoms in total. The first-order valence-corrected chi connectivity index (χ1v) is 4.75. The van der Waals surface area contributed by atoms with Crippen molar-refractivity contribution >= 4 is 5.97 Å². The maximum Gasteiger partial charge on any atom is 0.337 e. The Morgan fingerprint density at radius 3 is 2.50 bits per heavy atom. The third-order valence-corrected chi connectivity index (χ3v) is 2.27. The van der Waals surface area contributed by atoms with E-state index < -0.39 is 40.9 Å². The van der Waals surface area contributed by atoms with Gasteiger partial charge in [-0.3, -0.25) is 0 Å². The van der Waals surface area contributed by atoms with Gasteiger partial charge < -0.3 is 14.9 Å². The molecular formula is C11H9F2NO4. The van der Waals surface area contributed by atoms with E-state index in [1.54, 1.807) is 0 Å². The van der Waals surface area contributed by atoms with Crippen molar-refractivity contribution in [2.45, 2.75) is 12.2 Å². The normalized spacial score (nSPS) is 13.6. The van der Waals surface area contributed by atoms with Crippen LogP contribution in [0.1, 0.15) is 17.2 Å². The Balaban J connectivity index is 3.15. The highest BCUT2D eigenvalue weighted by Crippen LogP contribution is 2.23. The van der Waals surface area contributed by atoms with Crippen LogP contribution >= 0.6 is 0 Å². The number of hydrogen-bond acceptors (Lipinski definition) is 5. The minimum absolute atomic E-state index is 0.545. The Labute approximate surface area is 101 Å². The monoisotopic (exact) mass is 257 g/mol. The van der Waals surface area contributed by atoms with Crippen LogP contribution in [0.3, 0.4) is 0 Å². The molecule has 0 saturated heterocycles. The zero-order valence-electron chi connectivity index (χ0n) is 9.22. The molecule has 0 aromatic heterocycles. The van der Waals surface area contributed by atoms with E-state index in [1.807, 2.05) is 0 Å². The average Bonchev–Trinajstić information content (AvgIpc) is 2.38. The number of halogens is 2. The predicted molar refractivity (Wildman–Crippen MR) is 54.1 cm³/mol. The topological polar surface area (TPSA) is 90.6 Å². The van der Waals surface area contributed by atoms with Gasteiger partial charge in [0.25, 0.3) is 0 Å². The summed E-state index contributed by atoms with van der Waals surface area (Å²) in [7, 11) is 0.966. The van der Waals surface area contributed by atoms with Gasteiger partial charge in [-0.05, 0) is 12.1 Å². The standard InChI is InChI=1S/C11H9F2NO4/c1-18-11(17)10(16)9(15)6-3-7(12)5(4-14)2-8(6)13/h2-3,9-10,15-16H,1H3. The summed E-state index contributed by atoms with van der Waals surface area (Å²) in [5.41, 5.74) is -1.18. The molecule has 7 heteroatoms. The maximum absolute atomic E-state index is 13.5. The second-order valence-electron chi connectivity index (χ2n) is 3.38. The zero-order chi connectivity index (χ0) is 13.9. The minimum Gasteiger partial charge on any atom is -0.467 e. The van der Waals surface area contributed by atoms with Crippen LogP contribution in [0, 0.1) is 23.0 Å². The molecule has 0 saturated carbocycles. The smallest absolute Gasteiger partial charge is 0.337 e. The molecule has 2 atom stereocenters. The summed E-state index contributed by atoms with van der Waals surface area (Å²) in [5, 5.41) is 27.3. The largest absolute Gasteiger partial charge is 0.467 e. The molecule has 0 bridgehead atoms. The van der Waals surface area contributed by atoms with Gasteiger partial charge in [0.15, 0.2) is 6.10 Å². The first-order chi connectivity index (χ1) is 8.42. The summed E-state index contributed by atoms with van der Waals surface area (Å²) in [6.07, 6.45) is -4.03. The number of aliphatic hydroxyl groups is 2. The molecule has 96 valence electrons. The first-order valence-electron chi connectivity index (χ1n) is 4.75. The van der Waals surface area contributed by atoms with Crippen LogP contribution in [0.2, 0.25) is 0 Å². The number of nitrogens with zero attached hydrogens (tertiary/aromatic N) is 1. The molecule has 0 heterocycles. The number of esters is 1. The molecule has 0 radical (unpaired) electrons. The fourth-order valence-corrected chi connectivity index (χ4v) is 1.29. The van der Waals surface area contributed by atoms with Crippen LogP contribution in [0.5, 0.6) is 0 Å². The second-order valence-corrected chi connectivity index (χ2v) is 3.38. The highest BCUT2D eigenvalue weighted by atomic mass is 19.1. The lowest BCUT2D eigenvalue weighted by molar-refractivity contribution is -0.156. The summed E-state index contributed by atoms with van der Waals surface area (Å²) in [5.74, 6) is -3.36. The molecular weight excluding hydrogens is 248 g/mol. The zero-order valence-corrected chi connectivity index (χ0v) is 9.22. The summed E-state index contributed by atoms with van der Waals surface area (Å²) >= 11 is 0. The quantitative estimate of drug-likeness (QED) is 0.765. The van der Waals surface area contributed by atoms with Gasteiger partial charge in [-0.1, -0.05) is 0 Å². The third-order valence-electron chi connectivity index (χ3n) is 2.27. The van der Waals surface area contributed by atoms with E-state index in [0.717, 1.165) is 7.11 Å². The van der Waals surface area contributed by atoms with Crippen molar-refractivity contribution < 1.29 is 28.5 Å². The van der Waals surface area contributed by atoms with Crippen molar-refractivity contribution in [3.8, 4) is 6.07 Å². The van der Waals surface area contributed by atoms with Crippen LogP contribution < -0.4 is 0 Å². The lowest BCUT2D eigenvalue weighted by atomic mass is 10.0. The minimum atomic E-state index is -2.04. The van der Waals surface area contributed by atoms with Gasteiger partial charge in [0.1, 0.15) is 23.8 Å². The predicted octanol–water partition coefficient (Wildman–Crippen LogP) is 0.404. The van der Waals surface area contributed by atoms with E-state index in [2.05, 4.69) is 4.74 Å². The van der Waals surface area contributed by atoms with Crippen molar-refractivity contribution in [3.63, 3.8) is 0 Å². The Hall–Kier alpha value is -2.04.